The number of nitrogens with two attached hydrogens (primary N) is 1. The summed E-state index contributed by atoms with van der Waals surface area (Å²) in [6, 6.07) is 6.04. The van der Waals surface area contributed by atoms with Crippen LogP contribution in [0.1, 0.15) is 57.6 Å². The molecule has 100 valence electrons. The van der Waals surface area contributed by atoms with Crippen molar-refractivity contribution in [2.45, 2.75) is 57.3 Å². The SMILES string of the molecule is CC(C)(C)c1ccc(O)c(C2(CN)CCCC2)c1. The minimum absolute atomic E-state index is 0.00530. The molecule has 3 N–H and O–H groups in total. The average molecular weight is 247 g/mol. The molecule has 0 bridgehead atoms. The first-order valence-electron chi connectivity index (χ1n) is 6.93. The summed E-state index contributed by atoms with van der Waals surface area (Å²) in [7, 11) is 0. The van der Waals surface area contributed by atoms with Gasteiger partial charge in [-0.25, -0.2) is 0 Å². The second-order valence-electron chi connectivity index (χ2n) is 6.67. The van der Waals surface area contributed by atoms with Gasteiger partial charge < -0.3 is 10.8 Å². The Kier molecular flexibility index (Phi) is 3.41. The Labute approximate surface area is 110 Å². The maximum Gasteiger partial charge on any atom is 0.119 e. The van der Waals surface area contributed by atoms with Crippen LogP contribution in [0.2, 0.25) is 0 Å². The summed E-state index contributed by atoms with van der Waals surface area (Å²) in [5.74, 6) is 0.412. The molecule has 0 saturated heterocycles. The predicted octanol–water partition coefficient (Wildman–Crippen LogP) is 3.46. The molecule has 18 heavy (non-hydrogen) atoms. The number of aromatic hydroxyl groups is 1. The second-order valence-corrected chi connectivity index (χ2v) is 6.67. The van der Waals surface area contributed by atoms with Crippen molar-refractivity contribution in [3.8, 4) is 5.75 Å². The molecule has 0 unspecified atom stereocenters. The lowest BCUT2D eigenvalue weighted by atomic mass is 9.75. The summed E-state index contributed by atoms with van der Waals surface area (Å²) in [6.45, 7) is 7.24. The van der Waals surface area contributed by atoms with E-state index < -0.39 is 0 Å². The Hall–Kier alpha value is -1.02. The summed E-state index contributed by atoms with van der Waals surface area (Å²) >= 11 is 0. The Morgan fingerprint density at radius 1 is 1.22 bits per heavy atom. The van der Waals surface area contributed by atoms with E-state index >= 15 is 0 Å². The monoisotopic (exact) mass is 247 g/mol. The maximum atomic E-state index is 10.2. The summed E-state index contributed by atoms with van der Waals surface area (Å²) in [5.41, 5.74) is 8.47. The van der Waals surface area contributed by atoms with E-state index in [0.717, 1.165) is 18.4 Å². The molecule has 0 aromatic heterocycles. The molecule has 2 rings (SSSR count). The number of hydrogen-bond donors (Lipinski definition) is 2. The number of rotatable bonds is 2. The summed E-state index contributed by atoms with van der Waals surface area (Å²) in [4.78, 5) is 0. The first-order valence-corrected chi connectivity index (χ1v) is 6.93. The molecular weight excluding hydrogens is 222 g/mol. The highest BCUT2D eigenvalue weighted by molar-refractivity contribution is 5.44. The lowest BCUT2D eigenvalue weighted by Crippen LogP contribution is -2.32. The van der Waals surface area contributed by atoms with E-state index in [1.165, 1.54) is 18.4 Å². The standard InChI is InChI=1S/C16H25NO/c1-15(2,3)12-6-7-14(18)13(10-12)16(11-17)8-4-5-9-16/h6-7,10,18H,4-5,8-9,11,17H2,1-3H3. The fourth-order valence-electron chi connectivity index (χ4n) is 3.06. The van der Waals surface area contributed by atoms with Gasteiger partial charge in [0.1, 0.15) is 5.75 Å². The summed E-state index contributed by atoms with van der Waals surface area (Å²) < 4.78 is 0. The van der Waals surface area contributed by atoms with Crippen LogP contribution < -0.4 is 5.73 Å². The normalized spacial score (nSPS) is 19.1. The topological polar surface area (TPSA) is 46.2 Å². The van der Waals surface area contributed by atoms with Crippen LogP contribution in [-0.4, -0.2) is 11.7 Å². The van der Waals surface area contributed by atoms with E-state index in [2.05, 4.69) is 26.8 Å². The van der Waals surface area contributed by atoms with Gasteiger partial charge in [-0.05, 0) is 29.9 Å². The van der Waals surface area contributed by atoms with Gasteiger partial charge in [-0.15, -0.1) is 0 Å². The fourth-order valence-corrected chi connectivity index (χ4v) is 3.06. The fraction of sp³-hybridized carbons (Fsp3) is 0.625. The van der Waals surface area contributed by atoms with Gasteiger partial charge >= 0.3 is 0 Å². The average Bonchev–Trinajstić information content (AvgIpc) is 2.77. The first kappa shape index (κ1) is 13.4. The zero-order valence-corrected chi connectivity index (χ0v) is 11.8. The molecule has 0 heterocycles. The van der Waals surface area contributed by atoms with Gasteiger partial charge in [-0.3, -0.25) is 0 Å². The van der Waals surface area contributed by atoms with Gasteiger partial charge in [0.25, 0.3) is 0 Å². The van der Waals surface area contributed by atoms with Gasteiger partial charge in [0.2, 0.25) is 0 Å². The van der Waals surface area contributed by atoms with Crippen LogP contribution in [0.15, 0.2) is 18.2 Å². The number of phenols is 1. The summed E-state index contributed by atoms with van der Waals surface area (Å²) in [6.07, 6.45) is 4.64. The maximum absolute atomic E-state index is 10.2. The van der Waals surface area contributed by atoms with Gasteiger partial charge in [0.15, 0.2) is 0 Å². The minimum Gasteiger partial charge on any atom is -0.508 e. The van der Waals surface area contributed by atoms with Crippen molar-refractivity contribution < 1.29 is 5.11 Å². The third-order valence-electron chi connectivity index (χ3n) is 4.39. The van der Waals surface area contributed by atoms with E-state index in [1.54, 1.807) is 0 Å². The smallest absolute Gasteiger partial charge is 0.119 e. The van der Waals surface area contributed by atoms with Crippen LogP contribution in [0.4, 0.5) is 0 Å². The third-order valence-corrected chi connectivity index (χ3v) is 4.39. The number of phenolic OH excluding ortho intramolecular Hbond substituents is 1. The molecule has 1 aliphatic rings. The third kappa shape index (κ3) is 2.26. The Bertz CT molecular complexity index is 425. The lowest BCUT2D eigenvalue weighted by Gasteiger charge is -2.30. The van der Waals surface area contributed by atoms with E-state index in [1.807, 2.05) is 12.1 Å². The Balaban J connectivity index is 2.49. The van der Waals surface area contributed by atoms with Crippen LogP contribution >= 0.6 is 0 Å². The van der Waals surface area contributed by atoms with E-state index in [9.17, 15) is 5.11 Å². The van der Waals surface area contributed by atoms with Gasteiger partial charge in [0.05, 0.1) is 0 Å². The molecule has 1 aliphatic carbocycles. The molecule has 0 radical (unpaired) electrons. The van der Waals surface area contributed by atoms with Gasteiger partial charge in [0, 0.05) is 17.5 Å². The minimum atomic E-state index is 0.00530. The van der Waals surface area contributed by atoms with Crippen LogP contribution in [0.25, 0.3) is 0 Å². The second kappa shape index (κ2) is 4.58. The highest BCUT2D eigenvalue weighted by Crippen LogP contribution is 2.44. The molecule has 2 heteroatoms. The Morgan fingerprint density at radius 2 is 1.83 bits per heavy atom. The van der Waals surface area contributed by atoms with E-state index in [-0.39, 0.29) is 10.8 Å². The van der Waals surface area contributed by atoms with Crippen molar-refractivity contribution in [1.82, 2.24) is 0 Å². The van der Waals surface area contributed by atoms with Crippen molar-refractivity contribution in [3.63, 3.8) is 0 Å². The molecule has 1 aromatic carbocycles. The Morgan fingerprint density at radius 3 is 2.33 bits per heavy atom. The molecule has 0 aliphatic heterocycles. The molecule has 0 spiro atoms. The number of hydrogen-bond acceptors (Lipinski definition) is 2. The highest BCUT2D eigenvalue weighted by Gasteiger charge is 2.36. The predicted molar refractivity (Wildman–Crippen MR) is 76.0 cm³/mol. The van der Waals surface area contributed by atoms with E-state index in [0.29, 0.717) is 12.3 Å². The van der Waals surface area contributed by atoms with Crippen molar-refractivity contribution >= 4 is 0 Å². The van der Waals surface area contributed by atoms with Gasteiger partial charge in [-0.2, -0.15) is 0 Å². The molecule has 1 aromatic rings. The first-order chi connectivity index (χ1) is 8.39. The van der Waals surface area contributed by atoms with Crippen LogP contribution in [0.5, 0.6) is 5.75 Å². The molecule has 0 atom stereocenters. The van der Waals surface area contributed by atoms with Crippen LogP contribution in [0, 0.1) is 0 Å². The van der Waals surface area contributed by atoms with Gasteiger partial charge in [-0.1, -0.05) is 45.7 Å². The quantitative estimate of drug-likeness (QED) is 0.840. The zero-order chi connectivity index (χ0) is 13.4. The molecule has 0 amide bonds. The number of benzene rings is 1. The van der Waals surface area contributed by atoms with Crippen molar-refractivity contribution in [1.29, 1.82) is 0 Å². The van der Waals surface area contributed by atoms with E-state index in [4.69, 9.17) is 5.73 Å². The van der Waals surface area contributed by atoms with Crippen molar-refractivity contribution in [3.05, 3.63) is 29.3 Å². The summed E-state index contributed by atoms with van der Waals surface area (Å²) in [5, 5.41) is 10.2. The molecule has 1 fully saturated rings. The van der Waals surface area contributed by atoms with Crippen molar-refractivity contribution in [2.24, 2.45) is 5.73 Å². The molecule has 1 saturated carbocycles. The molecule has 2 nitrogen and oxygen atoms in total. The lowest BCUT2D eigenvalue weighted by molar-refractivity contribution is 0.404. The largest absolute Gasteiger partial charge is 0.508 e. The molecular formula is C16H25NO. The van der Waals surface area contributed by atoms with Crippen LogP contribution in [-0.2, 0) is 10.8 Å². The van der Waals surface area contributed by atoms with Crippen molar-refractivity contribution in [2.75, 3.05) is 6.54 Å². The zero-order valence-electron chi connectivity index (χ0n) is 11.8. The highest BCUT2D eigenvalue weighted by atomic mass is 16.3. The van der Waals surface area contributed by atoms with Crippen LogP contribution in [0.3, 0.4) is 0 Å².